The molecule has 0 aliphatic rings. The van der Waals surface area contributed by atoms with Gasteiger partial charge in [0.2, 0.25) is 0 Å². The van der Waals surface area contributed by atoms with Crippen molar-refractivity contribution in [2.45, 2.75) is 27.2 Å². The number of hydrogen-bond donors (Lipinski definition) is 1. The van der Waals surface area contributed by atoms with Crippen LogP contribution < -0.4 is 5.73 Å². The van der Waals surface area contributed by atoms with Crippen molar-refractivity contribution in [3.05, 3.63) is 69.8 Å². The summed E-state index contributed by atoms with van der Waals surface area (Å²) in [6.07, 6.45) is -0.146. The number of halogens is 4. The summed E-state index contributed by atoms with van der Waals surface area (Å²) in [6, 6.07) is 10.1. The van der Waals surface area contributed by atoms with Gasteiger partial charge in [0, 0.05) is 279 Å². The Kier molecular flexibility index (Phi) is 47.2. The highest BCUT2D eigenvalue weighted by Crippen LogP contribution is 2.22. The molecule has 2 N–H and O–H groups in total. The summed E-state index contributed by atoms with van der Waals surface area (Å²) in [4.78, 5) is 9.43. The summed E-state index contributed by atoms with van der Waals surface area (Å²) in [5.41, 5.74) is 4.97. The Morgan fingerprint density at radius 2 is 0.548 bits per heavy atom. The number of nitrogens with zero attached hydrogens (tertiary/aromatic N) is 1. The minimum atomic E-state index is -2.66. The third kappa shape index (κ3) is 51.1. The predicted molar refractivity (Wildman–Crippen MR) is 323 cm³/mol. The van der Waals surface area contributed by atoms with Gasteiger partial charge < -0.3 is 5.73 Å². The molecule has 0 saturated carbocycles. The number of nitro groups is 1. The van der Waals surface area contributed by atoms with Crippen LogP contribution in [0.4, 0.5) is 28.9 Å². The van der Waals surface area contributed by atoms with E-state index < -0.39 is 17.8 Å². The van der Waals surface area contributed by atoms with E-state index in [2.05, 4.69) is 349 Å². The maximum absolute atomic E-state index is 12.0. The summed E-state index contributed by atoms with van der Waals surface area (Å²) in [5, 5.41) is 10.1. The second-order valence-corrected chi connectivity index (χ2v) is 11.6. The molecule has 0 saturated heterocycles. The molecule has 2 rings (SSSR count). The number of rotatable bonds is 3. The first-order valence-electron chi connectivity index (χ1n) is 21.3. The van der Waals surface area contributed by atoms with Crippen LogP contribution in [0.15, 0.2) is 48.5 Å². The number of non-ortho nitro benzene ring substituents is 1. The lowest BCUT2D eigenvalue weighted by Crippen LogP contribution is -1.90. The molecule has 8 heteroatoms. The van der Waals surface area contributed by atoms with Crippen LogP contribution in [0.2, 0.25) is 0 Å². The Morgan fingerprint density at radius 3 is 0.714 bits per heavy atom. The highest BCUT2D eigenvalue weighted by molar-refractivity contribution is 5.52. The van der Waals surface area contributed by atoms with Crippen LogP contribution in [0.25, 0.3) is 0 Å². The molecule has 0 radical (unpaired) electrons. The first kappa shape index (κ1) is 70.2. The largest absolute Gasteiger partial charge is 0.399 e. The Labute approximate surface area is 491 Å². The molecule has 0 aliphatic heterocycles. The molecule has 0 spiro atoms. The highest BCUT2D eigenvalue weighted by Gasteiger charge is 2.11. The smallest absolute Gasteiger partial charge is 0.269 e. The fraction of sp³-hybridized carbons (Fsp3) is 0.0526. The van der Waals surface area contributed by atoms with Gasteiger partial charge in [0.15, 0.2) is 0 Å². The predicted octanol–water partition coefficient (Wildman–Crippen LogP) is 6.36. The van der Waals surface area contributed by atoms with Crippen molar-refractivity contribution in [3.63, 3.8) is 0 Å². The van der Waals surface area contributed by atoms with Crippen molar-refractivity contribution >= 4 is 11.4 Å². The van der Waals surface area contributed by atoms with E-state index in [1.54, 1.807) is 13.0 Å². The fourth-order valence-corrected chi connectivity index (χ4v) is 3.29. The normalized spacial score (nSPS) is 5.55. The van der Waals surface area contributed by atoms with Gasteiger partial charge in [-0.2, -0.15) is 0 Å². The lowest BCUT2D eigenvalue weighted by atomic mass is 10.2. The van der Waals surface area contributed by atoms with Gasteiger partial charge in [-0.1, -0.05) is 37.6 Å². The molecular formula is C76H22F4N2O2. The Hall–Kier alpha value is -15.8. The van der Waals surface area contributed by atoms with Gasteiger partial charge in [-0.25, -0.2) is 17.6 Å². The van der Waals surface area contributed by atoms with E-state index in [0.717, 1.165) is 12.1 Å². The van der Waals surface area contributed by atoms with E-state index in [-0.39, 0.29) is 25.7 Å². The molecule has 0 amide bonds. The summed E-state index contributed by atoms with van der Waals surface area (Å²) >= 11 is 0. The number of anilines is 1. The zero-order valence-electron chi connectivity index (χ0n) is 42.2. The molecular weight excluding hydrogens is 1050 g/mol. The summed E-state index contributed by atoms with van der Waals surface area (Å²) in [5.74, 6) is 147. The Bertz CT molecular complexity index is 4970. The summed E-state index contributed by atoms with van der Waals surface area (Å²) in [6.45, 7) is 1.69. The summed E-state index contributed by atoms with van der Waals surface area (Å²) in [7, 11) is 0. The van der Waals surface area contributed by atoms with E-state index in [0.29, 0.717) is 5.69 Å². The quantitative estimate of drug-likeness (QED) is 0.128. The van der Waals surface area contributed by atoms with Gasteiger partial charge in [0.25, 0.3) is 18.5 Å². The number of nitrogens with two attached hydrogens (primary N) is 1. The van der Waals surface area contributed by atoms with Crippen molar-refractivity contribution in [1.82, 2.24) is 0 Å². The molecule has 0 heterocycles. The molecule has 4 nitrogen and oxygen atoms in total. The average Bonchev–Trinajstić information content (AvgIpc) is 3.69. The molecule has 0 bridgehead atoms. The highest BCUT2D eigenvalue weighted by atomic mass is 19.3. The number of alkyl halides is 4. The fourth-order valence-electron chi connectivity index (χ4n) is 3.29. The van der Waals surface area contributed by atoms with Gasteiger partial charge in [0.1, 0.15) is 0 Å². The van der Waals surface area contributed by atoms with Crippen LogP contribution in [0, 0.1) is 366 Å². The van der Waals surface area contributed by atoms with Crippen molar-refractivity contribution in [1.29, 1.82) is 0 Å². The minimum Gasteiger partial charge on any atom is -0.399 e. The first-order chi connectivity index (χ1) is 40.7. The van der Waals surface area contributed by atoms with E-state index in [1.807, 2.05) is 0 Å². The third-order valence-electron chi connectivity index (χ3n) is 6.19. The van der Waals surface area contributed by atoms with Crippen molar-refractivity contribution in [3.8, 4) is 356 Å². The van der Waals surface area contributed by atoms with E-state index in [9.17, 15) is 27.7 Å². The van der Waals surface area contributed by atoms with Crippen LogP contribution in [0.5, 0.6) is 0 Å². The zero-order valence-corrected chi connectivity index (χ0v) is 42.2. The molecule has 0 fully saturated rings. The molecule has 0 aliphatic carbocycles. The summed E-state index contributed by atoms with van der Waals surface area (Å²) < 4.78 is 47.8. The van der Waals surface area contributed by atoms with Crippen LogP contribution in [0.1, 0.15) is 39.8 Å². The standard InChI is InChI=1S/C61H4.C7H5F2NO2.C7H7F2N.CH4.H2/c1-3-5-7-9-11-13-15-17-19-21-23-25-27-29-31-33-35-37-39-41-43-45-47-49-51-53-55-57-59-61-60-58-56-54-52-50-48-46-44-42-40-38-36-34-32-30-28-26-24-22-20-18-16-14-12-10-8-6-4-2;8-7(9)5-2-1-3-6(4-5)10(11)12;8-7(9)5-2-1-3-6(10)4-5;;/h1H,2H3;1-4,7H;1-4,7H,10H2;1H4;1H. The number of terminal acetylenes is 1. The lowest BCUT2D eigenvalue weighted by Gasteiger charge is -1.98. The molecule has 2 aromatic carbocycles. The van der Waals surface area contributed by atoms with Gasteiger partial charge >= 0.3 is 0 Å². The van der Waals surface area contributed by atoms with E-state index in [4.69, 9.17) is 12.2 Å². The van der Waals surface area contributed by atoms with Gasteiger partial charge in [0.05, 0.1) is 4.92 Å². The third-order valence-corrected chi connectivity index (χ3v) is 6.19. The Balaban J connectivity index is -0.00000229. The molecule has 0 atom stereocenters. The van der Waals surface area contributed by atoms with Crippen LogP contribution in [-0.2, 0) is 0 Å². The maximum Gasteiger partial charge on any atom is 0.269 e. The second kappa shape index (κ2) is 56.5. The minimum absolute atomic E-state index is 0. The molecule has 0 unspecified atom stereocenters. The first-order valence-corrected chi connectivity index (χ1v) is 21.3. The van der Waals surface area contributed by atoms with Crippen LogP contribution in [-0.4, -0.2) is 4.92 Å². The van der Waals surface area contributed by atoms with E-state index in [1.165, 1.54) is 30.3 Å². The molecule has 2 aromatic rings. The SMILES string of the molecule is C.C#CC#CC#CC#CC#CC#CC#CC#CC#CC#CC#CC#CC#CC#CC#CC#CC#CC#CC#CC#CC#CC#CC#CC#CC#CC#CC#CC#CC#CC#CC.Nc1cccc(C(F)F)c1.O=[N+]([O-])c1cccc(C(F)F)c1.[HH]. The van der Waals surface area contributed by atoms with Gasteiger partial charge in [-0.05, 0) is 114 Å². The number of benzene rings is 2. The zero-order chi connectivity index (χ0) is 60.4. The number of nitrogen functional groups attached to an aromatic ring is 1. The lowest BCUT2D eigenvalue weighted by molar-refractivity contribution is -0.385. The Morgan fingerprint density at radius 1 is 0.357 bits per heavy atom. The average molecular weight is 1070 g/mol. The van der Waals surface area contributed by atoms with Crippen molar-refractivity contribution < 1.29 is 23.9 Å². The van der Waals surface area contributed by atoms with Crippen molar-refractivity contribution in [2.75, 3.05) is 5.73 Å². The van der Waals surface area contributed by atoms with Crippen LogP contribution in [0.3, 0.4) is 0 Å². The van der Waals surface area contributed by atoms with Gasteiger partial charge in [-0.15, -0.1) is 6.42 Å². The molecule has 0 aromatic heterocycles. The van der Waals surface area contributed by atoms with Crippen molar-refractivity contribution in [2.24, 2.45) is 0 Å². The van der Waals surface area contributed by atoms with Crippen LogP contribution >= 0.6 is 0 Å². The maximum atomic E-state index is 12.0. The monoisotopic (exact) mass is 1070 g/mol. The molecule has 84 heavy (non-hydrogen) atoms. The number of hydrogen-bond acceptors (Lipinski definition) is 3. The van der Waals surface area contributed by atoms with E-state index >= 15 is 0 Å². The number of nitro benzene ring substituents is 1. The van der Waals surface area contributed by atoms with Gasteiger partial charge in [-0.3, -0.25) is 10.1 Å². The topological polar surface area (TPSA) is 69.2 Å². The second-order valence-electron chi connectivity index (χ2n) is 11.6. The molecule has 376 valence electrons.